The third kappa shape index (κ3) is 4.02. The molecule has 22 heavy (non-hydrogen) atoms. The summed E-state index contributed by atoms with van der Waals surface area (Å²) in [6.45, 7) is 0. The number of methoxy groups -OCH3 is 2. The molecule has 4 nitrogen and oxygen atoms in total. The van der Waals surface area contributed by atoms with Gasteiger partial charge in [0.25, 0.3) is 0 Å². The maximum atomic E-state index is 12.0. The van der Waals surface area contributed by atoms with E-state index in [0.29, 0.717) is 22.2 Å². The number of carbonyl (C=O) groups is 1. The Labute approximate surface area is 134 Å². The van der Waals surface area contributed by atoms with Crippen molar-refractivity contribution in [2.24, 2.45) is 0 Å². The number of anilines is 1. The molecule has 0 aliphatic carbocycles. The summed E-state index contributed by atoms with van der Waals surface area (Å²) in [5, 5.41) is 3.13. The fourth-order valence-electron chi connectivity index (χ4n) is 1.87. The van der Waals surface area contributed by atoms with Crippen LogP contribution in [0.25, 0.3) is 6.08 Å². The third-order valence-corrected chi connectivity index (χ3v) is 3.25. The largest absolute Gasteiger partial charge is 0.495 e. The van der Waals surface area contributed by atoms with E-state index in [9.17, 15) is 4.79 Å². The van der Waals surface area contributed by atoms with E-state index >= 15 is 0 Å². The second kappa shape index (κ2) is 7.52. The molecule has 1 amide bonds. The maximum Gasteiger partial charge on any atom is 0.248 e. The van der Waals surface area contributed by atoms with Gasteiger partial charge in [0.15, 0.2) is 0 Å². The van der Waals surface area contributed by atoms with E-state index in [4.69, 9.17) is 21.1 Å². The van der Waals surface area contributed by atoms with Crippen molar-refractivity contribution in [2.75, 3.05) is 19.5 Å². The first kappa shape index (κ1) is 15.9. The van der Waals surface area contributed by atoms with Gasteiger partial charge in [-0.2, -0.15) is 0 Å². The first-order chi connectivity index (χ1) is 10.6. The smallest absolute Gasteiger partial charge is 0.248 e. The maximum absolute atomic E-state index is 12.0. The number of rotatable bonds is 5. The minimum atomic E-state index is -0.275. The lowest BCUT2D eigenvalue weighted by Gasteiger charge is -2.12. The van der Waals surface area contributed by atoms with Crippen molar-refractivity contribution in [1.82, 2.24) is 0 Å². The minimum absolute atomic E-state index is 0.275. The van der Waals surface area contributed by atoms with Crippen LogP contribution in [0, 0.1) is 0 Å². The number of carbonyl (C=O) groups excluding carboxylic acids is 1. The zero-order valence-corrected chi connectivity index (χ0v) is 13.1. The van der Waals surface area contributed by atoms with Gasteiger partial charge in [0.1, 0.15) is 11.5 Å². The Morgan fingerprint density at radius 3 is 2.41 bits per heavy atom. The summed E-state index contributed by atoms with van der Waals surface area (Å²) in [6, 6.07) is 12.8. The molecule has 0 saturated carbocycles. The lowest BCUT2D eigenvalue weighted by Crippen LogP contribution is -2.09. The van der Waals surface area contributed by atoms with Crippen molar-refractivity contribution in [3.63, 3.8) is 0 Å². The Kier molecular flexibility index (Phi) is 5.44. The second-order valence-corrected chi connectivity index (χ2v) is 4.83. The Bertz CT molecular complexity index is 684. The van der Waals surface area contributed by atoms with Crippen molar-refractivity contribution in [1.29, 1.82) is 0 Å². The van der Waals surface area contributed by atoms with E-state index in [-0.39, 0.29) is 5.91 Å². The highest BCUT2D eigenvalue weighted by molar-refractivity contribution is 6.32. The number of hydrogen-bond acceptors (Lipinski definition) is 3. The van der Waals surface area contributed by atoms with Gasteiger partial charge in [0.05, 0.1) is 24.9 Å². The van der Waals surface area contributed by atoms with Gasteiger partial charge >= 0.3 is 0 Å². The summed E-state index contributed by atoms with van der Waals surface area (Å²) in [7, 11) is 3.03. The second-order valence-electron chi connectivity index (χ2n) is 4.42. The zero-order chi connectivity index (χ0) is 15.9. The van der Waals surface area contributed by atoms with Gasteiger partial charge < -0.3 is 14.8 Å². The molecule has 0 saturated heterocycles. The van der Waals surface area contributed by atoms with Crippen molar-refractivity contribution in [2.45, 2.75) is 0 Å². The summed E-state index contributed by atoms with van der Waals surface area (Å²) in [5.74, 6) is 0.683. The Morgan fingerprint density at radius 2 is 1.77 bits per heavy atom. The number of amides is 1. The van der Waals surface area contributed by atoms with Crippen LogP contribution >= 0.6 is 11.6 Å². The summed E-state index contributed by atoms with van der Waals surface area (Å²) in [6.07, 6.45) is 3.18. The molecule has 0 aliphatic rings. The van der Waals surface area contributed by atoms with E-state index in [1.807, 2.05) is 30.3 Å². The van der Waals surface area contributed by atoms with E-state index in [0.717, 1.165) is 5.56 Å². The number of hydrogen-bond donors (Lipinski definition) is 1. The molecule has 0 unspecified atom stereocenters. The average Bonchev–Trinajstić information content (AvgIpc) is 2.54. The predicted molar refractivity (Wildman–Crippen MR) is 88.7 cm³/mol. The molecule has 0 atom stereocenters. The molecule has 2 aromatic carbocycles. The molecule has 0 fully saturated rings. The highest BCUT2D eigenvalue weighted by atomic mass is 35.5. The molecule has 0 bridgehead atoms. The normalized spacial score (nSPS) is 10.5. The minimum Gasteiger partial charge on any atom is -0.495 e. The van der Waals surface area contributed by atoms with Gasteiger partial charge in [0, 0.05) is 12.1 Å². The fraction of sp³-hybridized carbons (Fsp3) is 0.118. The zero-order valence-electron chi connectivity index (χ0n) is 12.3. The van der Waals surface area contributed by atoms with Crippen LogP contribution in [0.2, 0.25) is 5.02 Å². The Hall–Kier alpha value is -2.46. The number of ether oxygens (including phenoxy) is 2. The van der Waals surface area contributed by atoms with Crippen LogP contribution in [0.3, 0.4) is 0 Å². The third-order valence-electron chi connectivity index (χ3n) is 2.96. The molecule has 0 aromatic heterocycles. The molecule has 0 spiro atoms. The quantitative estimate of drug-likeness (QED) is 0.848. The van der Waals surface area contributed by atoms with E-state index in [2.05, 4.69) is 5.32 Å². The molecule has 5 heteroatoms. The fourth-order valence-corrected chi connectivity index (χ4v) is 2.11. The molecular weight excluding hydrogens is 302 g/mol. The number of benzene rings is 2. The van der Waals surface area contributed by atoms with Crippen molar-refractivity contribution < 1.29 is 14.3 Å². The van der Waals surface area contributed by atoms with Gasteiger partial charge in [-0.05, 0) is 17.7 Å². The van der Waals surface area contributed by atoms with Gasteiger partial charge in [0.2, 0.25) is 5.91 Å². The van der Waals surface area contributed by atoms with Crippen LogP contribution in [0.4, 0.5) is 5.69 Å². The summed E-state index contributed by atoms with van der Waals surface area (Å²) in [5.41, 5.74) is 1.42. The summed E-state index contributed by atoms with van der Waals surface area (Å²) < 4.78 is 10.3. The predicted octanol–water partition coefficient (Wildman–Crippen LogP) is 4.01. The van der Waals surface area contributed by atoms with Crippen LogP contribution in [0.15, 0.2) is 48.5 Å². The lowest BCUT2D eigenvalue weighted by molar-refractivity contribution is -0.111. The van der Waals surface area contributed by atoms with E-state index in [1.165, 1.54) is 20.3 Å². The molecule has 114 valence electrons. The van der Waals surface area contributed by atoms with Gasteiger partial charge in [-0.15, -0.1) is 0 Å². The number of nitrogens with one attached hydrogen (secondary N) is 1. The number of halogens is 1. The van der Waals surface area contributed by atoms with Gasteiger partial charge in [-0.25, -0.2) is 0 Å². The van der Waals surface area contributed by atoms with Crippen LogP contribution < -0.4 is 14.8 Å². The molecular formula is C17H16ClNO3. The summed E-state index contributed by atoms with van der Waals surface area (Å²) in [4.78, 5) is 12.0. The van der Waals surface area contributed by atoms with Crippen molar-refractivity contribution in [3.8, 4) is 11.5 Å². The molecule has 0 aliphatic heterocycles. The van der Waals surface area contributed by atoms with Crippen LogP contribution in [0.1, 0.15) is 5.56 Å². The molecule has 0 radical (unpaired) electrons. The first-order valence-electron chi connectivity index (χ1n) is 6.59. The molecule has 2 rings (SSSR count). The highest BCUT2D eigenvalue weighted by Crippen LogP contribution is 2.35. The molecule has 1 N–H and O–H groups in total. The SMILES string of the molecule is COc1cc(OC)c(NC(=O)/C=C\c2ccccc2)cc1Cl. The van der Waals surface area contributed by atoms with Gasteiger partial charge in [-0.1, -0.05) is 41.9 Å². The topological polar surface area (TPSA) is 47.6 Å². The Balaban J connectivity index is 2.14. The van der Waals surface area contributed by atoms with Crippen LogP contribution in [0.5, 0.6) is 11.5 Å². The Morgan fingerprint density at radius 1 is 1.09 bits per heavy atom. The monoisotopic (exact) mass is 317 g/mol. The van der Waals surface area contributed by atoms with Crippen molar-refractivity contribution in [3.05, 3.63) is 59.1 Å². The summed E-state index contributed by atoms with van der Waals surface area (Å²) >= 11 is 6.07. The van der Waals surface area contributed by atoms with E-state index in [1.54, 1.807) is 18.2 Å². The average molecular weight is 318 g/mol. The van der Waals surface area contributed by atoms with Gasteiger partial charge in [-0.3, -0.25) is 4.79 Å². The van der Waals surface area contributed by atoms with E-state index < -0.39 is 0 Å². The van der Waals surface area contributed by atoms with Crippen LogP contribution in [-0.2, 0) is 4.79 Å². The standard InChI is InChI=1S/C17H16ClNO3/c1-21-15-11-16(22-2)14(10-13(15)18)19-17(20)9-8-12-6-4-3-5-7-12/h3-11H,1-2H3,(H,19,20)/b9-8-. The van der Waals surface area contributed by atoms with Crippen molar-refractivity contribution >= 4 is 29.3 Å². The lowest BCUT2D eigenvalue weighted by atomic mass is 10.2. The molecule has 2 aromatic rings. The highest BCUT2D eigenvalue weighted by Gasteiger charge is 2.11. The van der Waals surface area contributed by atoms with Crippen LogP contribution in [-0.4, -0.2) is 20.1 Å². The first-order valence-corrected chi connectivity index (χ1v) is 6.97. The molecule has 0 heterocycles.